The SMILES string of the molecule is CCCN(CC)CCNc1cc(C(=O)O)cc(C)n1. The average molecular weight is 265 g/mol. The predicted molar refractivity (Wildman–Crippen MR) is 76.8 cm³/mol. The van der Waals surface area contributed by atoms with Crippen LogP contribution in [0.4, 0.5) is 5.82 Å². The van der Waals surface area contributed by atoms with E-state index in [9.17, 15) is 4.79 Å². The Morgan fingerprint density at radius 3 is 2.68 bits per heavy atom. The molecular formula is C14H23N3O2. The van der Waals surface area contributed by atoms with Crippen molar-refractivity contribution in [2.24, 2.45) is 0 Å². The molecule has 0 aliphatic heterocycles. The molecule has 19 heavy (non-hydrogen) atoms. The largest absolute Gasteiger partial charge is 0.478 e. The van der Waals surface area contributed by atoms with Gasteiger partial charge >= 0.3 is 5.97 Å². The summed E-state index contributed by atoms with van der Waals surface area (Å²) in [4.78, 5) is 17.6. The molecule has 0 aliphatic rings. The Balaban J connectivity index is 2.55. The van der Waals surface area contributed by atoms with Crippen LogP contribution in [0.3, 0.4) is 0 Å². The highest BCUT2D eigenvalue weighted by molar-refractivity contribution is 5.88. The molecule has 0 bridgehead atoms. The zero-order valence-corrected chi connectivity index (χ0v) is 11.9. The fourth-order valence-corrected chi connectivity index (χ4v) is 1.97. The van der Waals surface area contributed by atoms with Gasteiger partial charge in [-0.25, -0.2) is 9.78 Å². The summed E-state index contributed by atoms with van der Waals surface area (Å²) >= 11 is 0. The third kappa shape index (κ3) is 5.26. The molecule has 0 spiro atoms. The van der Waals surface area contributed by atoms with Crippen molar-refractivity contribution in [2.75, 3.05) is 31.5 Å². The van der Waals surface area contributed by atoms with Crippen molar-refractivity contribution in [3.05, 3.63) is 23.4 Å². The topological polar surface area (TPSA) is 65.5 Å². The van der Waals surface area contributed by atoms with E-state index in [-0.39, 0.29) is 5.56 Å². The Morgan fingerprint density at radius 2 is 2.11 bits per heavy atom. The van der Waals surface area contributed by atoms with Gasteiger partial charge in [-0.05, 0) is 38.6 Å². The molecule has 0 amide bonds. The van der Waals surface area contributed by atoms with Crippen molar-refractivity contribution in [1.82, 2.24) is 9.88 Å². The summed E-state index contributed by atoms with van der Waals surface area (Å²) < 4.78 is 0. The normalized spacial score (nSPS) is 10.7. The minimum atomic E-state index is -0.922. The van der Waals surface area contributed by atoms with Crippen LogP contribution >= 0.6 is 0 Å². The Hall–Kier alpha value is -1.62. The zero-order chi connectivity index (χ0) is 14.3. The lowest BCUT2D eigenvalue weighted by Crippen LogP contribution is -2.29. The highest BCUT2D eigenvalue weighted by Crippen LogP contribution is 2.10. The van der Waals surface area contributed by atoms with E-state index in [0.717, 1.165) is 32.6 Å². The van der Waals surface area contributed by atoms with Gasteiger partial charge in [-0.2, -0.15) is 0 Å². The van der Waals surface area contributed by atoms with E-state index in [1.54, 1.807) is 19.1 Å². The number of hydrogen-bond acceptors (Lipinski definition) is 4. The number of carboxylic acids is 1. The highest BCUT2D eigenvalue weighted by Gasteiger charge is 2.07. The summed E-state index contributed by atoms with van der Waals surface area (Å²) in [5.74, 6) is -0.292. The first-order valence-corrected chi connectivity index (χ1v) is 6.75. The molecule has 0 aliphatic carbocycles. The molecule has 106 valence electrons. The van der Waals surface area contributed by atoms with Crippen LogP contribution in [0, 0.1) is 6.92 Å². The minimum absolute atomic E-state index is 0.274. The summed E-state index contributed by atoms with van der Waals surface area (Å²) in [6, 6.07) is 3.15. The monoisotopic (exact) mass is 265 g/mol. The molecule has 0 saturated carbocycles. The molecular weight excluding hydrogens is 242 g/mol. The number of nitrogens with one attached hydrogen (secondary N) is 1. The molecule has 1 rings (SSSR count). The Kier molecular flexibility index (Phi) is 6.29. The third-order valence-electron chi connectivity index (χ3n) is 2.92. The second-order valence-corrected chi connectivity index (χ2v) is 4.55. The van der Waals surface area contributed by atoms with Crippen molar-refractivity contribution in [1.29, 1.82) is 0 Å². The van der Waals surface area contributed by atoms with Crippen LogP contribution in [0.25, 0.3) is 0 Å². The van der Waals surface area contributed by atoms with E-state index in [2.05, 4.69) is 29.0 Å². The summed E-state index contributed by atoms with van der Waals surface area (Å²) in [6.45, 7) is 9.91. The van der Waals surface area contributed by atoms with Crippen molar-refractivity contribution in [3.63, 3.8) is 0 Å². The predicted octanol–water partition coefficient (Wildman–Crippen LogP) is 2.23. The molecule has 2 N–H and O–H groups in total. The third-order valence-corrected chi connectivity index (χ3v) is 2.92. The maximum Gasteiger partial charge on any atom is 0.335 e. The van der Waals surface area contributed by atoms with Gasteiger partial charge in [0.25, 0.3) is 0 Å². The summed E-state index contributed by atoms with van der Waals surface area (Å²) in [7, 11) is 0. The summed E-state index contributed by atoms with van der Waals surface area (Å²) in [6.07, 6.45) is 1.14. The molecule has 0 fully saturated rings. The minimum Gasteiger partial charge on any atom is -0.478 e. The number of pyridine rings is 1. The first-order valence-electron chi connectivity index (χ1n) is 6.75. The lowest BCUT2D eigenvalue weighted by molar-refractivity contribution is 0.0696. The number of carbonyl (C=O) groups is 1. The molecule has 0 radical (unpaired) electrons. The fraction of sp³-hybridized carbons (Fsp3) is 0.571. The average Bonchev–Trinajstić information content (AvgIpc) is 2.37. The lowest BCUT2D eigenvalue weighted by atomic mass is 10.2. The van der Waals surface area contributed by atoms with E-state index < -0.39 is 5.97 Å². The number of aromatic carboxylic acids is 1. The standard InChI is InChI=1S/C14H23N3O2/c1-4-7-17(5-2)8-6-15-13-10-12(14(18)19)9-11(3)16-13/h9-10H,4-8H2,1-3H3,(H,15,16)(H,18,19). The number of anilines is 1. The Labute approximate surface area is 114 Å². The van der Waals surface area contributed by atoms with Gasteiger partial charge in [-0.15, -0.1) is 0 Å². The molecule has 0 atom stereocenters. The van der Waals surface area contributed by atoms with Gasteiger partial charge in [0.15, 0.2) is 0 Å². The molecule has 0 unspecified atom stereocenters. The second-order valence-electron chi connectivity index (χ2n) is 4.55. The number of aryl methyl sites for hydroxylation is 1. The number of hydrogen-bond donors (Lipinski definition) is 2. The van der Waals surface area contributed by atoms with Gasteiger partial charge in [-0.1, -0.05) is 13.8 Å². The molecule has 5 heteroatoms. The van der Waals surface area contributed by atoms with Crippen molar-refractivity contribution in [2.45, 2.75) is 27.2 Å². The number of likely N-dealkylation sites (N-methyl/N-ethyl adjacent to an activating group) is 1. The number of aromatic nitrogens is 1. The lowest BCUT2D eigenvalue weighted by Gasteiger charge is -2.19. The van der Waals surface area contributed by atoms with Gasteiger partial charge in [0.2, 0.25) is 0 Å². The Morgan fingerprint density at radius 1 is 1.37 bits per heavy atom. The van der Waals surface area contributed by atoms with E-state index in [1.165, 1.54) is 0 Å². The van der Waals surface area contributed by atoms with Gasteiger partial charge < -0.3 is 15.3 Å². The summed E-state index contributed by atoms with van der Waals surface area (Å²) in [5.41, 5.74) is 0.985. The smallest absolute Gasteiger partial charge is 0.335 e. The summed E-state index contributed by atoms with van der Waals surface area (Å²) in [5, 5.41) is 12.2. The van der Waals surface area contributed by atoms with Crippen LogP contribution in [-0.2, 0) is 0 Å². The van der Waals surface area contributed by atoms with E-state index >= 15 is 0 Å². The van der Waals surface area contributed by atoms with E-state index in [1.807, 2.05) is 0 Å². The highest BCUT2D eigenvalue weighted by atomic mass is 16.4. The molecule has 1 heterocycles. The van der Waals surface area contributed by atoms with Crippen LogP contribution in [0.15, 0.2) is 12.1 Å². The second kappa shape index (κ2) is 7.74. The molecule has 1 aromatic rings. The quantitative estimate of drug-likeness (QED) is 0.754. The first kappa shape index (κ1) is 15.4. The van der Waals surface area contributed by atoms with Crippen LogP contribution in [0.2, 0.25) is 0 Å². The molecule has 1 aromatic heterocycles. The van der Waals surface area contributed by atoms with Gasteiger partial charge in [0.1, 0.15) is 5.82 Å². The zero-order valence-electron chi connectivity index (χ0n) is 11.9. The molecule has 0 saturated heterocycles. The maximum atomic E-state index is 11.0. The number of carboxylic acid groups (broad SMARTS) is 1. The Bertz CT molecular complexity index is 421. The van der Waals surface area contributed by atoms with Gasteiger partial charge in [-0.3, -0.25) is 0 Å². The number of nitrogens with zero attached hydrogens (tertiary/aromatic N) is 2. The van der Waals surface area contributed by atoms with E-state index in [4.69, 9.17) is 5.11 Å². The van der Waals surface area contributed by atoms with E-state index in [0.29, 0.717) is 11.5 Å². The molecule has 5 nitrogen and oxygen atoms in total. The van der Waals surface area contributed by atoms with Crippen molar-refractivity contribution >= 4 is 11.8 Å². The van der Waals surface area contributed by atoms with Crippen LogP contribution < -0.4 is 5.32 Å². The van der Waals surface area contributed by atoms with Gasteiger partial charge in [0.05, 0.1) is 5.56 Å². The van der Waals surface area contributed by atoms with Gasteiger partial charge in [0, 0.05) is 18.8 Å². The first-order chi connectivity index (χ1) is 9.06. The van der Waals surface area contributed by atoms with Crippen LogP contribution in [0.5, 0.6) is 0 Å². The van der Waals surface area contributed by atoms with Crippen LogP contribution in [-0.4, -0.2) is 47.1 Å². The maximum absolute atomic E-state index is 11.0. The van der Waals surface area contributed by atoms with Crippen molar-refractivity contribution in [3.8, 4) is 0 Å². The van der Waals surface area contributed by atoms with Crippen molar-refractivity contribution < 1.29 is 9.90 Å². The fourth-order valence-electron chi connectivity index (χ4n) is 1.97. The molecule has 0 aromatic carbocycles. The van der Waals surface area contributed by atoms with Crippen LogP contribution in [0.1, 0.15) is 36.3 Å². The number of rotatable bonds is 8.